The van der Waals surface area contributed by atoms with Gasteiger partial charge in [0.25, 0.3) is 0 Å². The molecule has 4 rings (SSSR count). The van der Waals surface area contributed by atoms with Gasteiger partial charge in [-0.2, -0.15) is 0 Å². The Morgan fingerprint density at radius 2 is 1.88 bits per heavy atom. The van der Waals surface area contributed by atoms with Gasteiger partial charge < -0.3 is 5.11 Å². The van der Waals surface area contributed by atoms with Crippen molar-refractivity contribution in [1.29, 1.82) is 0 Å². The lowest BCUT2D eigenvalue weighted by Crippen LogP contribution is -2.30. The molecule has 6 heteroatoms. The second-order valence-electron chi connectivity index (χ2n) is 6.45. The molecule has 5 nitrogen and oxygen atoms in total. The predicted molar refractivity (Wildman–Crippen MR) is 104 cm³/mol. The molecule has 0 aliphatic carbocycles. The monoisotopic (exact) mass is 366 g/mol. The van der Waals surface area contributed by atoms with Gasteiger partial charge in [0.15, 0.2) is 0 Å². The molecule has 0 saturated heterocycles. The van der Waals surface area contributed by atoms with Gasteiger partial charge in [0.1, 0.15) is 6.04 Å². The molecule has 0 aliphatic heterocycles. The molecule has 1 unspecified atom stereocenters. The van der Waals surface area contributed by atoms with E-state index < -0.39 is 12.0 Å². The molecule has 0 fully saturated rings. The predicted octanol–water partition coefficient (Wildman–Crippen LogP) is 4.02. The van der Waals surface area contributed by atoms with Crippen molar-refractivity contribution in [3.05, 3.63) is 69.5 Å². The average Bonchev–Trinajstić information content (AvgIpc) is 3.15. The van der Waals surface area contributed by atoms with E-state index in [1.165, 1.54) is 27.1 Å². The molecule has 1 N–H and O–H groups in total. The number of imidazole rings is 1. The van der Waals surface area contributed by atoms with Gasteiger partial charge in [0.2, 0.25) is 0 Å². The summed E-state index contributed by atoms with van der Waals surface area (Å²) in [6.07, 6.45) is 0. The molecule has 26 heavy (non-hydrogen) atoms. The molecule has 2 aromatic carbocycles. The lowest BCUT2D eigenvalue weighted by Gasteiger charge is -2.07. The number of benzene rings is 2. The molecule has 0 bridgehead atoms. The van der Waals surface area contributed by atoms with Crippen molar-refractivity contribution in [2.24, 2.45) is 0 Å². The van der Waals surface area contributed by atoms with E-state index in [-0.39, 0.29) is 5.69 Å². The number of thiophene rings is 1. The number of hydrogen-bond donors (Lipinski definition) is 1. The third-order valence-electron chi connectivity index (χ3n) is 4.83. The second-order valence-corrected chi connectivity index (χ2v) is 7.36. The van der Waals surface area contributed by atoms with E-state index in [1.807, 2.05) is 24.3 Å². The lowest BCUT2D eigenvalue weighted by atomic mass is 10.1. The Kier molecular flexibility index (Phi) is 3.92. The fourth-order valence-electron chi connectivity index (χ4n) is 3.50. The van der Waals surface area contributed by atoms with Crippen molar-refractivity contribution < 1.29 is 9.90 Å². The number of nitrogens with zero attached hydrogens (tertiary/aromatic N) is 2. The lowest BCUT2D eigenvalue weighted by molar-refractivity contribution is -0.140. The molecule has 0 saturated carbocycles. The van der Waals surface area contributed by atoms with Gasteiger partial charge in [-0.25, -0.2) is 9.59 Å². The zero-order chi connectivity index (χ0) is 18.4. The fraction of sp³-hybridized carbons (Fsp3) is 0.200. The average molecular weight is 366 g/mol. The van der Waals surface area contributed by atoms with E-state index in [0.717, 1.165) is 11.1 Å². The third kappa shape index (κ3) is 2.45. The molecule has 2 aromatic heterocycles. The zero-order valence-electron chi connectivity index (χ0n) is 14.5. The first-order chi connectivity index (χ1) is 12.5. The molecule has 1 atom stereocenters. The van der Waals surface area contributed by atoms with Gasteiger partial charge in [-0.05, 0) is 48.6 Å². The Balaban J connectivity index is 1.93. The van der Waals surface area contributed by atoms with E-state index in [9.17, 15) is 14.7 Å². The summed E-state index contributed by atoms with van der Waals surface area (Å²) in [5.41, 5.74) is 3.35. The van der Waals surface area contributed by atoms with Crippen LogP contribution in [0.25, 0.3) is 21.1 Å². The number of para-hydroxylation sites is 2. The Bertz CT molecular complexity index is 1200. The Hall–Kier alpha value is -2.86. The first-order valence-electron chi connectivity index (χ1n) is 8.37. The van der Waals surface area contributed by atoms with Crippen LogP contribution in [0.3, 0.4) is 0 Å². The second kappa shape index (κ2) is 6.14. The van der Waals surface area contributed by atoms with Crippen molar-refractivity contribution in [3.63, 3.8) is 0 Å². The van der Waals surface area contributed by atoms with Crippen LogP contribution in [-0.4, -0.2) is 20.2 Å². The van der Waals surface area contributed by atoms with E-state index in [2.05, 4.69) is 24.4 Å². The number of aromatic nitrogens is 2. The topological polar surface area (TPSA) is 64.2 Å². The highest BCUT2D eigenvalue weighted by molar-refractivity contribution is 7.17. The van der Waals surface area contributed by atoms with Gasteiger partial charge >= 0.3 is 11.7 Å². The highest BCUT2D eigenvalue weighted by Crippen LogP contribution is 2.30. The number of carbonyl (C=O) groups is 1. The highest BCUT2D eigenvalue weighted by atomic mass is 32.1. The normalized spacial score (nSPS) is 12.7. The van der Waals surface area contributed by atoms with Gasteiger partial charge in [0.05, 0.1) is 17.6 Å². The van der Waals surface area contributed by atoms with Crippen molar-refractivity contribution in [2.45, 2.75) is 26.4 Å². The van der Waals surface area contributed by atoms with Gasteiger partial charge in [-0.3, -0.25) is 9.13 Å². The van der Waals surface area contributed by atoms with Crippen LogP contribution in [0.1, 0.15) is 24.1 Å². The quantitative estimate of drug-likeness (QED) is 0.593. The van der Waals surface area contributed by atoms with Crippen molar-refractivity contribution in [2.75, 3.05) is 0 Å². The van der Waals surface area contributed by atoms with Gasteiger partial charge in [0, 0.05) is 10.1 Å². The summed E-state index contributed by atoms with van der Waals surface area (Å²) in [7, 11) is 0. The van der Waals surface area contributed by atoms with Gasteiger partial charge in [-0.1, -0.05) is 24.3 Å². The number of fused-ring (bicyclic) bond motifs is 2. The minimum Gasteiger partial charge on any atom is -0.480 e. The van der Waals surface area contributed by atoms with Crippen LogP contribution in [0.2, 0.25) is 0 Å². The summed E-state index contributed by atoms with van der Waals surface area (Å²) in [6.45, 7) is 4.02. The number of hydrogen-bond acceptors (Lipinski definition) is 3. The number of rotatable bonds is 4. The SMILES string of the molecule is Cc1cccc2scc(Cn3c(=O)n(C(C)C(=O)O)c4ccccc43)c12. The van der Waals surface area contributed by atoms with Crippen LogP contribution in [0.5, 0.6) is 0 Å². The van der Waals surface area contributed by atoms with Crippen molar-refractivity contribution in [1.82, 2.24) is 9.13 Å². The number of carboxylic acids is 1. The first kappa shape index (κ1) is 16.6. The van der Waals surface area contributed by atoms with Crippen LogP contribution in [0.15, 0.2) is 52.6 Å². The summed E-state index contributed by atoms with van der Waals surface area (Å²) in [5.74, 6) is -1.02. The summed E-state index contributed by atoms with van der Waals surface area (Å²) in [5, 5.41) is 12.6. The van der Waals surface area contributed by atoms with E-state index in [0.29, 0.717) is 12.1 Å². The molecular formula is C20H18N2O3S. The maximum Gasteiger partial charge on any atom is 0.330 e. The minimum absolute atomic E-state index is 0.297. The molecule has 0 radical (unpaired) electrons. The Morgan fingerprint density at radius 1 is 1.15 bits per heavy atom. The summed E-state index contributed by atoms with van der Waals surface area (Å²) in [4.78, 5) is 24.5. The minimum atomic E-state index is -1.02. The standard InChI is InChI=1S/C20H18N2O3S/c1-12-6-5-9-17-18(12)14(11-26-17)10-21-15-7-3-4-8-16(15)22(20(21)25)13(2)19(23)24/h3-9,11,13H,10H2,1-2H3,(H,23,24). The van der Waals surface area contributed by atoms with Crippen LogP contribution >= 0.6 is 11.3 Å². The fourth-order valence-corrected chi connectivity index (χ4v) is 4.53. The molecule has 0 aliphatic rings. The van der Waals surface area contributed by atoms with Crippen LogP contribution in [0.4, 0.5) is 0 Å². The molecular weight excluding hydrogens is 348 g/mol. The zero-order valence-corrected chi connectivity index (χ0v) is 15.3. The van der Waals surface area contributed by atoms with Crippen LogP contribution < -0.4 is 5.69 Å². The summed E-state index contributed by atoms with van der Waals surface area (Å²) >= 11 is 1.66. The third-order valence-corrected chi connectivity index (χ3v) is 5.82. The molecule has 4 aromatic rings. The van der Waals surface area contributed by atoms with Crippen LogP contribution in [-0.2, 0) is 11.3 Å². The highest BCUT2D eigenvalue weighted by Gasteiger charge is 2.22. The number of aliphatic carboxylic acids is 1. The molecule has 0 amide bonds. The smallest absolute Gasteiger partial charge is 0.330 e. The molecule has 2 heterocycles. The maximum absolute atomic E-state index is 13.0. The van der Waals surface area contributed by atoms with Crippen molar-refractivity contribution in [3.8, 4) is 0 Å². The number of aryl methyl sites for hydroxylation is 1. The van der Waals surface area contributed by atoms with E-state index in [1.54, 1.807) is 22.0 Å². The summed E-state index contributed by atoms with van der Waals surface area (Å²) < 4.78 is 4.22. The summed E-state index contributed by atoms with van der Waals surface area (Å²) in [6, 6.07) is 12.6. The largest absolute Gasteiger partial charge is 0.480 e. The van der Waals surface area contributed by atoms with E-state index >= 15 is 0 Å². The van der Waals surface area contributed by atoms with Gasteiger partial charge in [-0.15, -0.1) is 11.3 Å². The Labute approximate surface area is 153 Å². The van der Waals surface area contributed by atoms with Crippen molar-refractivity contribution >= 4 is 38.4 Å². The maximum atomic E-state index is 13.0. The Morgan fingerprint density at radius 3 is 2.62 bits per heavy atom. The van der Waals surface area contributed by atoms with Crippen LogP contribution in [0, 0.1) is 6.92 Å². The number of carboxylic acid groups (broad SMARTS) is 1. The van der Waals surface area contributed by atoms with E-state index in [4.69, 9.17) is 0 Å². The molecule has 132 valence electrons. The first-order valence-corrected chi connectivity index (χ1v) is 9.25. The molecule has 0 spiro atoms.